The third-order valence-electron chi connectivity index (χ3n) is 1.79. The summed E-state index contributed by atoms with van der Waals surface area (Å²) in [5.74, 6) is 0. The fourth-order valence-electron chi connectivity index (χ4n) is 1.17. The van der Waals surface area contributed by atoms with Crippen LogP contribution >= 0.6 is 0 Å². The van der Waals surface area contributed by atoms with Gasteiger partial charge in [-0.15, -0.1) is 0 Å². The Bertz CT molecular complexity index is 325. The van der Waals surface area contributed by atoms with Crippen molar-refractivity contribution in [1.29, 1.82) is 5.26 Å². The van der Waals surface area contributed by atoms with Gasteiger partial charge in [-0.1, -0.05) is 0 Å². The normalized spacial score (nSPS) is 9.00. The van der Waals surface area contributed by atoms with Crippen LogP contribution in [0.3, 0.4) is 0 Å². The van der Waals surface area contributed by atoms with Crippen LogP contribution in [0.1, 0.15) is 12.5 Å². The summed E-state index contributed by atoms with van der Waals surface area (Å²) in [4.78, 5) is 0. The molecule has 0 amide bonds. The highest BCUT2D eigenvalue weighted by molar-refractivity contribution is 5.70. The van der Waals surface area contributed by atoms with E-state index in [2.05, 4.69) is 16.7 Å². The minimum atomic E-state index is 0.672. The van der Waals surface area contributed by atoms with Crippen molar-refractivity contribution >= 4 is 11.4 Å². The number of nitriles is 1. The molecule has 0 heterocycles. The van der Waals surface area contributed by atoms with Crippen LogP contribution in [0, 0.1) is 11.3 Å². The second-order valence-electron chi connectivity index (χ2n) is 2.65. The summed E-state index contributed by atoms with van der Waals surface area (Å²) >= 11 is 0. The van der Waals surface area contributed by atoms with Crippen molar-refractivity contribution in [2.45, 2.75) is 6.92 Å². The molecule has 0 atom stereocenters. The molecule has 0 saturated heterocycles. The molecule has 1 aromatic carbocycles. The van der Waals surface area contributed by atoms with Crippen molar-refractivity contribution < 1.29 is 0 Å². The monoisotopic (exact) mass is 175 g/mol. The average molecular weight is 175 g/mol. The molecule has 0 fully saturated rings. The zero-order valence-corrected chi connectivity index (χ0v) is 7.89. The van der Waals surface area contributed by atoms with E-state index < -0.39 is 0 Å². The van der Waals surface area contributed by atoms with Crippen LogP contribution in [-0.2, 0) is 0 Å². The van der Waals surface area contributed by atoms with Crippen LogP contribution in [0.25, 0.3) is 0 Å². The Balaban J connectivity index is 3.02. The van der Waals surface area contributed by atoms with Crippen molar-refractivity contribution in [3.05, 3.63) is 23.8 Å². The second kappa shape index (κ2) is 4.36. The van der Waals surface area contributed by atoms with Gasteiger partial charge in [0.1, 0.15) is 0 Å². The number of benzene rings is 1. The average Bonchev–Trinajstić information content (AvgIpc) is 2.19. The Morgan fingerprint density at radius 2 is 2.15 bits per heavy atom. The summed E-state index contributed by atoms with van der Waals surface area (Å²) in [5, 5.41) is 14.9. The van der Waals surface area contributed by atoms with E-state index in [0.717, 1.165) is 17.9 Å². The van der Waals surface area contributed by atoms with Gasteiger partial charge >= 0.3 is 0 Å². The van der Waals surface area contributed by atoms with Gasteiger partial charge in [-0.3, -0.25) is 0 Å². The number of hydrogen-bond donors (Lipinski definition) is 2. The first-order valence-electron chi connectivity index (χ1n) is 4.27. The second-order valence-corrected chi connectivity index (χ2v) is 2.65. The Labute approximate surface area is 78.4 Å². The molecule has 1 aromatic rings. The maximum atomic E-state index is 8.68. The first-order valence-corrected chi connectivity index (χ1v) is 4.27. The predicted octanol–water partition coefficient (Wildman–Crippen LogP) is 2.03. The SMILES string of the molecule is CCNc1ccc(C#N)cc1NC. The molecule has 0 bridgehead atoms. The van der Waals surface area contributed by atoms with Crippen molar-refractivity contribution in [1.82, 2.24) is 0 Å². The summed E-state index contributed by atoms with van der Waals surface area (Å²) < 4.78 is 0. The molecule has 0 aliphatic carbocycles. The lowest BCUT2D eigenvalue weighted by atomic mass is 10.2. The fourth-order valence-corrected chi connectivity index (χ4v) is 1.17. The number of nitrogens with one attached hydrogen (secondary N) is 2. The highest BCUT2D eigenvalue weighted by Crippen LogP contribution is 2.21. The molecule has 0 saturated carbocycles. The van der Waals surface area contributed by atoms with Crippen LogP contribution < -0.4 is 10.6 Å². The molecule has 3 heteroatoms. The van der Waals surface area contributed by atoms with E-state index in [1.807, 2.05) is 26.1 Å². The fraction of sp³-hybridized carbons (Fsp3) is 0.300. The van der Waals surface area contributed by atoms with Gasteiger partial charge in [0.2, 0.25) is 0 Å². The third kappa shape index (κ3) is 2.12. The van der Waals surface area contributed by atoms with Gasteiger partial charge in [-0.05, 0) is 25.1 Å². The van der Waals surface area contributed by atoms with Crippen molar-refractivity contribution in [2.75, 3.05) is 24.2 Å². The van der Waals surface area contributed by atoms with E-state index in [-0.39, 0.29) is 0 Å². The summed E-state index contributed by atoms with van der Waals surface area (Å²) in [7, 11) is 1.84. The maximum Gasteiger partial charge on any atom is 0.0992 e. The van der Waals surface area contributed by atoms with Crippen LogP contribution in [0.4, 0.5) is 11.4 Å². The van der Waals surface area contributed by atoms with Crippen LogP contribution in [0.2, 0.25) is 0 Å². The molecule has 1 rings (SSSR count). The van der Waals surface area contributed by atoms with Crippen LogP contribution in [-0.4, -0.2) is 13.6 Å². The van der Waals surface area contributed by atoms with Gasteiger partial charge in [0.05, 0.1) is 23.0 Å². The molecule has 0 unspecified atom stereocenters. The molecular weight excluding hydrogens is 162 g/mol. The Morgan fingerprint density at radius 1 is 1.38 bits per heavy atom. The lowest BCUT2D eigenvalue weighted by Crippen LogP contribution is -2.01. The van der Waals surface area contributed by atoms with Crippen molar-refractivity contribution in [3.8, 4) is 6.07 Å². The zero-order chi connectivity index (χ0) is 9.68. The molecule has 0 aromatic heterocycles. The third-order valence-corrected chi connectivity index (χ3v) is 1.79. The molecule has 13 heavy (non-hydrogen) atoms. The summed E-state index contributed by atoms with van der Waals surface area (Å²) in [6, 6.07) is 7.65. The van der Waals surface area contributed by atoms with E-state index in [1.165, 1.54) is 0 Å². The quantitative estimate of drug-likeness (QED) is 0.739. The van der Waals surface area contributed by atoms with Gasteiger partial charge in [0.15, 0.2) is 0 Å². The van der Waals surface area contributed by atoms with Gasteiger partial charge in [-0.2, -0.15) is 5.26 Å². The van der Waals surface area contributed by atoms with Crippen molar-refractivity contribution in [3.63, 3.8) is 0 Å². The number of hydrogen-bond acceptors (Lipinski definition) is 3. The van der Waals surface area contributed by atoms with E-state index in [9.17, 15) is 0 Å². The van der Waals surface area contributed by atoms with Crippen LogP contribution in [0.15, 0.2) is 18.2 Å². The first-order chi connectivity index (χ1) is 6.31. The molecule has 68 valence electrons. The van der Waals surface area contributed by atoms with Gasteiger partial charge in [0.25, 0.3) is 0 Å². The summed E-state index contributed by atoms with van der Waals surface area (Å²) in [5.41, 5.74) is 2.66. The van der Waals surface area contributed by atoms with E-state index >= 15 is 0 Å². The van der Waals surface area contributed by atoms with E-state index in [4.69, 9.17) is 5.26 Å². The smallest absolute Gasteiger partial charge is 0.0992 e. The first kappa shape index (κ1) is 9.40. The Morgan fingerprint density at radius 3 is 2.69 bits per heavy atom. The van der Waals surface area contributed by atoms with Crippen molar-refractivity contribution in [2.24, 2.45) is 0 Å². The lowest BCUT2D eigenvalue weighted by Gasteiger charge is -2.09. The molecule has 0 aliphatic heterocycles. The summed E-state index contributed by atoms with van der Waals surface area (Å²) in [6.45, 7) is 2.91. The molecule has 2 N–H and O–H groups in total. The lowest BCUT2D eigenvalue weighted by molar-refractivity contribution is 1.21. The highest BCUT2D eigenvalue weighted by atomic mass is 14.9. The van der Waals surface area contributed by atoms with Gasteiger partial charge in [-0.25, -0.2) is 0 Å². The number of rotatable bonds is 3. The molecule has 0 spiro atoms. The zero-order valence-electron chi connectivity index (χ0n) is 7.89. The number of nitrogens with zero attached hydrogens (tertiary/aromatic N) is 1. The topological polar surface area (TPSA) is 47.9 Å². The van der Waals surface area contributed by atoms with Crippen LogP contribution in [0.5, 0.6) is 0 Å². The van der Waals surface area contributed by atoms with E-state index in [1.54, 1.807) is 6.07 Å². The number of anilines is 2. The summed E-state index contributed by atoms with van der Waals surface area (Å²) in [6.07, 6.45) is 0. The highest BCUT2D eigenvalue weighted by Gasteiger charge is 2.00. The Kier molecular flexibility index (Phi) is 3.15. The van der Waals surface area contributed by atoms with Gasteiger partial charge < -0.3 is 10.6 Å². The van der Waals surface area contributed by atoms with E-state index in [0.29, 0.717) is 5.56 Å². The minimum absolute atomic E-state index is 0.672. The molecule has 0 aliphatic rings. The Hall–Kier alpha value is -1.69. The maximum absolute atomic E-state index is 8.68. The molecular formula is C10H13N3. The molecule has 0 radical (unpaired) electrons. The standard InChI is InChI=1S/C10H13N3/c1-3-13-9-5-4-8(7-11)6-10(9)12-2/h4-6,12-13H,3H2,1-2H3. The predicted molar refractivity (Wildman–Crippen MR) is 54.9 cm³/mol. The minimum Gasteiger partial charge on any atom is -0.386 e. The molecule has 3 nitrogen and oxygen atoms in total. The largest absolute Gasteiger partial charge is 0.386 e. The van der Waals surface area contributed by atoms with Gasteiger partial charge in [0, 0.05) is 13.6 Å².